The number of rotatable bonds is 6. The number of ether oxygens (including phenoxy) is 1. The number of nitrogens with one attached hydrogen (secondary N) is 1. The zero-order chi connectivity index (χ0) is 23.6. The van der Waals surface area contributed by atoms with Crippen LogP contribution in [0.4, 0.5) is 5.69 Å². The predicted molar refractivity (Wildman–Crippen MR) is 127 cm³/mol. The minimum Gasteiger partial charge on any atom is -0.456 e. The van der Waals surface area contributed by atoms with Gasteiger partial charge in [-0.15, -0.1) is 0 Å². The number of carbonyl (C=O) groups is 1. The maximum absolute atomic E-state index is 12.7. The second kappa shape index (κ2) is 9.16. The summed E-state index contributed by atoms with van der Waals surface area (Å²) in [6.45, 7) is 1.62. The van der Waals surface area contributed by atoms with E-state index in [9.17, 15) is 18.0 Å². The smallest absolute Gasteiger partial charge is 0.338 e. The molecule has 0 saturated heterocycles. The highest BCUT2D eigenvalue weighted by Gasteiger charge is 2.17. The maximum atomic E-state index is 12.7. The molecule has 0 radical (unpaired) electrons. The lowest BCUT2D eigenvalue weighted by molar-refractivity contribution is 0.0467. The topological polar surface area (TPSA) is 107 Å². The zero-order valence-corrected chi connectivity index (χ0v) is 19.8. The number of benzene rings is 2. The Morgan fingerprint density at radius 1 is 1.09 bits per heavy atom. The van der Waals surface area contributed by atoms with E-state index in [1.54, 1.807) is 36.5 Å². The van der Waals surface area contributed by atoms with Crippen molar-refractivity contribution in [3.8, 4) is 0 Å². The number of fused-ring (bicyclic) bond motifs is 1. The summed E-state index contributed by atoms with van der Waals surface area (Å²) in [6, 6.07) is 17.2. The molecular formula is C23H18BrN3O5S. The van der Waals surface area contributed by atoms with Crippen LogP contribution >= 0.6 is 15.9 Å². The van der Waals surface area contributed by atoms with E-state index in [-0.39, 0.29) is 28.3 Å². The van der Waals surface area contributed by atoms with Gasteiger partial charge in [0.2, 0.25) is 0 Å². The van der Waals surface area contributed by atoms with Gasteiger partial charge in [-0.2, -0.15) is 0 Å². The Morgan fingerprint density at radius 2 is 1.88 bits per heavy atom. The van der Waals surface area contributed by atoms with Crippen molar-refractivity contribution in [2.45, 2.75) is 18.4 Å². The summed E-state index contributed by atoms with van der Waals surface area (Å²) in [6.07, 6.45) is 1.59. The number of esters is 1. The molecule has 0 unspecified atom stereocenters. The van der Waals surface area contributed by atoms with Crippen molar-refractivity contribution in [1.82, 2.24) is 9.38 Å². The van der Waals surface area contributed by atoms with Crippen molar-refractivity contribution in [2.75, 3.05) is 4.72 Å². The lowest BCUT2D eigenvalue weighted by atomic mass is 10.2. The SMILES string of the molecule is Cc1cccc(NS(=O)(=O)c2cccc(C(=O)OCc3cc(=O)n4cc(Br)ccc4n3)c2)c1. The van der Waals surface area contributed by atoms with Gasteiger partial charge < -0.3 is 4.74 Å². The van der Waals surface area contributed by atoms with Crippen molar-refractivity contribution < 1.29 is 17.9 Å². The minimum atomic E-state index is -3.90. The number of nitrogens with zero attached hydrogens (tertiary/aromatic N) is 2. The lowest BCUT2D eigenvalue weighted by Crippen LogP contribution is -2.17. The molecule has 0 saturated carbocycles. The van der Waals surface area contributed by atoms with E-state index in [1.807, 2.05) is 13.0 Å². The Morgan fingerprint density at radius 3 is 2.67 bits per heavy atom. The molecule has 0 spiro atoms. The fourth-order valence-electron chi connectivity index (χ4n) is 3.14. The van der Waals surface area contributed by atoms with E-state index in [1.165, 1.54) is 34.7 Å². The Kier molecular flexibility index (Phi) is 6.30. The highest BCUT2D eigenvalue weighted by atomic mass is 79.9. The minimum absolute atomic E-state index is 0.0589. The van der Waals surface area contributed by atoms with Gasteiger partial charge in [0.1, 0.15) is 12.3 Å². The number of sulfonamides is 1. The van der Waals surface area contributed by atoms with E-state index in [4.69, 9.17) is 4.74 Å². The lowest BCUT2D eigenvalue weighted by Gasteiger charge is -2.10. The summed E-state index contributed by atoms with van der Waals surface area (Å²) in [5, 5.41) is 0. The summed E-state index contributed by atoms with van der Waals surface area (Å²) < 4.78 is 35.3. The number of carbonyl (C=O) groups excluding carboxylic acids is 1. The van der Waals surface area contributed by atoms with Crippen LogP contribution in [0.3, 0.4) is 0 Å². The fraction of sp³-hybridized carbons (Fsp3) is 0.0870. The first-order chi connectivity index (χ1) is 15.7. The Balaban J connectivity index is 1.50. The van der Waals surface area contributed by atoms with Gasteiger partial charge >= 0.3 is 5.97 Å². The summed E-state index contributed by atoms with van der Waals surface area (Å²) in [4.78, 5) is 29.1. The normalized spacial score (nSPS) is 11.3. The average Bonchev–Trinajstić information content (AvgIpc) is 2.78. The molecule has 8 nitrogen and oxygen atoms in total. The molecule has 0 amide bonds. The van der Waals surface area contributed by atoms with E-state index < -0.39 is 16.0 Å². The van der Waals surface area contributed by atoms with Crippen LogP contribution in [0.25, 0.3) is 5.65 Å². The fourth-order valence-corrected chi connectivity index (χ4v) is 4.57. The van der Waals surface area contributed by atoms with Crippen LogP contribution in [0, 0.1) is 6.92 Å². The van der Waals surface area contributed by atoms with Gasteiger partial charge in [0.25, 0.3) is 15.6 Å². The first-order valence-electron chi connectivity index (χ1n) is 9.76. The maximum Gasteiger partial charge on any atom is 0.338 e. The molecular weight excluding hydrogens is 510 g/mol. The molecule has 0 bridgehead atoms. The second-order valence-electron chi connectivity index (χ2n) is 7.24. The van der Waals surface area contributed by atoms with Crippen molar-refractivity contribution in [2.24, 2.45) is 0 Å². The number of anilines is 1. The van der Waals surface area contributed by atoms with Crippen molar-refractivity contribution >= 4 is 43.3 Å². The van der Waals surface area contributed by atoms with E-state index >= 15 is 0 Å². The number of hydrogen-bond acceptors (Lipinski definition) is 6. The molecule has 33 heavy (non-hydrogen) atoms. The molecule has 168 valence electrons. The molecule has 2 aromatic carbocycles. The van der Waals surface area contributed by atoms with Crippen LogP contribution < -0.4 is 10.3 Å². The molecule has 0 aliphatic carbocycles. The number of hydrogen-bond donors (Lipinski definition) is 1. The Labute approximate surface area is 198 Å². The van der Waals surface area contributed by atoms with Gasteiger partial charge in [-0.25, -0.2) is 18.2 Å². The zero-order valence-electron chi connectivity index (χ0n) is 17.4. The number of aryl methyl sites for hydroxylation is 1. The van der Waals surface area contributed by atoms with Crippen LogP contribution in [0.2, 0.25) is 0 Å². The summed E-state index contributed by atoms with van der Waals surface area (Å²) in [7, 11) is -3.90. The number of pyridine rings is 1. The summed E-state index contributed by atoms with van der Waals surface area (Å²) in [5.41, 5.74) is 1.75. The van der Waals surface area contributed by atoms with Crippen LogP contribution in [0.5, 0.6) is 0 Å². The Bertz CT molecular complexity index is 1530. The molecule has 4 aromatic rings. The van der Waals surface area contributed by atoms with Gasteiger partial charge in [0.15, 0.2) is 0 Å². The van der Waals surface area contributed by atoms with Crippen molar-refractivity contribution in [3.05, 3.63) is 105 Å². The monoisotopic (exact) mass is 527 g/mol. The third kappa shape index (κ3) is 5.29. The van der Waals surface area contributed by atoms with E-state index in [2.05, 4.69) is 25.6 Å². The molecule has 2 aromatic heterocycles. The second-order valence-corrected chi connectivity index (χ2v) is 9.84. The number of halogens is 1. The third-order valence-electron chi connectivity index (χ3n) is 4.68. The first kappa shape index (κ1) is 22.7. The van der Waals surface area contributed by atoms with Gasteiger partial charge in [0.05, 0.1) is 16.2 Å². The summed E-state index contributed by atoms with van der Waals surface area (Å²) in [5.74, 6) is -0.736. The molecule has 0 fully saturated rings. The first-order valence-corrected chi connectivity index (χ1v) is 12.0. The molecule has 0 aliphatic heterocycles. The molecule has 10 heteroatoms. The highest BCUT2D eigenvalue weighted by Crippen LogP contribution is 2.19. The van der Waals surface area contributed by atoms with E-state index in [0.717, 1.165) is 10.0 Å². The van der Waals surface area contributed by atoms with Crippen LogP contribution in [-0.2, 0) is 21.4 Å². The van der Waals surface area contributed by atoms with Gasteiger partial charge in [0, 0.05) is 22.4 Å². The Hall–Kier alpha value is -3.50. The van der Waals surface area contributed by atoms with Gasteiger partial charge in [-0.3, -0.25) is 13.9 Å². The van der Waals surface area contributed by atoms with Crippen LogP contribution in [0.1, 0.15) is 21.6 Å². The van der Waals surface area contributed by atoms with E-state index in [0.29, 0.717) is 11.3 Å². The quantitative estimate of drug-likeness (QED) is 0.381. The van der Waals surface area contributed by atoms with Crippen LogP contribution in [-0.4, -0.2) is 23.8 Å². The largest absolute Gasteiger partial charge is 0.456 e. The van der Waals surface area contributed by atoms with Crippen LogP contribution in [0.15, 0.2) is 87.1 Å². The molecule has 1 N–H and O–H groups in total. The van der Waals surface area contributed by atoms with Crippen molar-refractivity contribution in [1.29, 1.82) is 0 Å². The van der Waals surface area contributed by atoms with Gasteiger partial charge in [-0.1, -0.05) is 18.2 Å². The van der Waals surface area contributed by atoms with Gasteiger partial charge in [-0.05, 0) is 70.9 Å². The average molecular weight is 528 g/mol. The molecule has 0 atom stereocenters. The standard InChI is InChI=1S/C23H18BrN3O5S/c1-15-4-2-6-18(10-15)26-33(30,31)20-7-3-5-16(11-20)23(29)32-14-19-12-22(28)27-13-17(24)8-9-21(27)25-19/h2-13,26H,14H2,1H3. The summed E-state index contributed by atoms with van der Waals surface area (Å²) >= 11 is 3.30. The predicted octanol–water partition coefficient (Wildman–Crippen LogP) is 3.92. The third-order valence-corrected chi connectivity index (χ3v) is 6.53. The molecule has 4 rings (SSSR count). The molecule has 0 aliphatic rings. The molecule has 2 heterocycles. The highest BCUT2D eigenvalue weighted by molar-refractivity contribution is 9.10. The number of aromatic nitrogens is 2. The van der Waals surface area contributed by atoms with Crippen molar-refractivity contribution in [3.63, 3.8) is 0 Å².